The summed E-state index contributed by atoms with van der Waals surface area (Å²) in [7, 11) is 0. The van der Waals surface area contributed by atoms with Crippen LogP contribution in [0.1, 0.15) is 25.3 Å². The van der Waals surface area contributed by atoms with Crippen LogP contribution in [0.15, 0.2) is 35.9 Å². The van der Waals surface area contributed by atoms with Crippen LogP contribution < -0.4 is 0 Å². The van der Waals surface area contributed by atoms with Crippen LogP contribution in [0.4, 0.5) is 0 Å². The highest BCUT2D eigenvalue weighted by atomic mass is 14.5. The van der Waals surface area contributed by atoms with Crippen LogP contribution in [-0.4, -0.2) is 0 Å². The number of nitrogens with zero attached hydrogens (tertiary/aromatic N) is 2. The molecule has 2 rings (SSSR count). The molecule has 16 heavy (non-hydrogen) atoms. The third-order valence-corrected chi connectivity index (χ3v) is 3.14. The normalized spacial score (nSPS) is 15.7. The second kappa shape index (κ2) is 3.83. The molecule has 0 radical (unpaired) electrons. The maximum absolute atomic E-state index is 9.02. The molecule has 1 aliphatic rings. The summed E-state index contributed by atoms with van der Waals surface area (Å²) in [5.74, 6) is 0. The van der Waals surface area contributed by atoms with Crippen LogP contribution in [0.5, 0.6) is 0 Å². The zero-order chi connectivity index (χ0) is 11.6. The Morgan fingerprint density at radius 3 is 2.12 bits per heavy atom. The Balaban J connectivity index is 2.59. The van der Waals surface area contributed by atoms with Crippen LogP contribution >= 0.6 is 0 Å². The van der Waals surface area contributed by atoms with E-state index < -0.39 is 0 Å². The first-order valence-corrected chi connectivity index (χ1v) is 5.32. The summed E-state index contributed by atoms with van der Waals surface area (Å²) in [6.07, 6.45) is 2.12. The molecule has 0 aliphatic heterocycles. The minimum absolute atomic E-state index is 0.0299. The summed E-state index contributed by atoms with van der Waals surface area (Å²) >= 11 is 0. The Bertz CT molecular complexity index is 492. The quantitative estimate of drug-likeness (QED) is 0.700. The smallest absolute Gasteiger partial charge is 0.134 e. The average molecular weight is 208 g/mol. The molecule has 1 saturated carbocycles. The molecule has 1 aromatic rings. The molecule has 0 amide bonds. The molecule has 0 aromatic heterocycles. The maximum Gasteiger partial charge on any atom is 0.134 e. The first-order valence-electron chi connectivity index (χ1n) is 5.32. The van der Waals surface area contributed by atoms with Gasteiger partial charge in [-0.05, 0) is 29.4 Å². The third-order valence-electron chi connectivity index (χ3n) is 3.14. The first kappa shape index (κ1) is 10.5. The monoisotopic (exact) mass is 208 g/mol. The van der Waals surface area contributed by atoms with Crippen LogP contribution in [0, 0.1) is 28.1 Å². The van der Waals surface area contributed by atoms with Crippen molar-refractivity contribution in [3.8, 4) is 12.1 Å². The lowest BCUT2D eigenvalue weighted by molar-refractivity contribution is 0.771. The van der Waals surface area contributed by atoms with Gasteiger partial charge < -0.3 is 0 Å². The van der Waals surface area contributed by atoms with E-state index in [1.54, 1.807) is 0 Å². The zero-order valence-electron chi connectivity index (χ0n) is 9.20. The van der Waals surface area contributed by atoms with Crippen LogP contribution in [0.2, 0.25) is 0 Å². The summed E-state index contributed by atoms with van der Waals surface area (Å²) < 4.78 is 0. The molecule has 0 spiro atoms. The standard InChI is InChI=1S/C14H12N2/c1-14(7-8-14)13(12(9-15)10-16)11-5-3-2-4-6-11/h2-6H,7-8H2,1H3. The highest BCUT2D eigenvalue weighted by Crippen LogP contribution is 2.56. The fourth-order valence-corrected chi connectivity index (χ4v) is 1.97. The van der Waals surface area contributed by atoms with E-state index in [4.69, 9.17) is 10.5 Å². The molecular weight excluding hydrogens is 196 g/mol. The fraction of sp³-hybridized carbons (Fsp3) is 0.286. The molecule has 0 heterocycles. The topological polar surface area (TPSA) is 47.6 Å². The van der Waals surface area contributed by atoms with Crippen molar-refractivity contribution in [3.05, 3.63) is 41.5 Å². The Kier molecular flexibility index (Phi) is 2.50. The number of allylic oxidation sites excluding steroid dienone is 2. The molecule has 0 unspecified atom stereocenters. The van der Waals surface area contributed by atoms with Crippen molar-refractivity contribution >= 4 is 5.57 Å². The lowest BCUT2D eigenvalue weighted by Gasteiger charge is -2.14. The van der Waals surface area contributed by atoms with Gasteiger partial charge >= 0.3 is 0 Å². The average Bonchev–Trinajstić information content (AvgIpc) is 3.05. The van der Waals surface area contributed by atoms with Gasteiger partial charge in [0.15, 0.2) is 0 Å². The lowest BCUT2D eigenvalue weighted by atomic mass is 9.87. The number of rotatable bonds is 2. The van der Waals surface area contributed by atoms with Crippen molar-refractivity contribution in [2.45, 2.75) is 19.8 Å². The maximum atomic E-state index is 9.02. The van der Waals surface area contributed by atoms with Crippen molar-refractivity contribution < 1.29 is 0 Å². The van der Waals surface area contributed by atoms with Gasteiger partial charge in [-0.15, -0.1) is 0 Å². The van der Waals surface area contributed by atoms with Gasteiger partial charge in [0.1, 0.15) is 17.7 Å². The van der Waals surface area contributed by atoms with Crippen molar-refractivity contribution in [3.63, 3.8) is 0 Å². The van der Waals surface area contributed by atoms with Gasteiger partial charge in [0.2, 0.25) is 0 Å². The van der Waals surface area contributed by atoms with Gasteiger partial charge in [0.05, 0.1) is 0 Å². The molecule has 2 heteroatoms. The van der Waals surface area contributed by atoms with E-state index in [2.05, 4.69) is 6.92 Å². The van der Waals surface area contributed by atoms with Crippen molar-refractivity contribution in [1.29, 1.82) is 10.5 Å². The highest BCUT2D eigenvalue weighted by Gasteiger charge is 2.43. The summed E-state index contributed by atoms with van der Waals surface area (Å²) in [6, 6.07) is 13.8. The van der Waals surface area contributed by atoms with Gasteiger partial charge in [0.25, 0.3) is 0 Å². The summed E-state index contributed by atoms with van der Waals surface area (Å²) in [4.78, 5) is 0. The molecular formula is C14H12N2. The summed E-state index contributed by atoms with van der Waals surface area (Å²) in [5.41, 5.74) is 2.20. The van der Waals surface area contributed by atoms with Gasteiger partial charge in [-0.2, -0.15) is 10.5 Å². The second-order valence-corrected chi connectivity index (χ2v) is 4.40. The van der Waals surface area contributed by atoms with E-state index in [1.807, 2.05) is 42.5 Å². The highest BCUT2D eigenvalue weighted by molar-refractivity contribution is 5.80. The first-order chi connectivity index (χ1) is 7.71. The molecule has 1 aliphatic carbocycles. The van der Waals surface area contributed by atoms with E-state index in [-0.39, 0.29) is 11.0 Å². The predicted octanol–water partition coefficient (Wildman–Crippen LogP) is 3.29. The van der Waals surface area contributed by atoms with Gasteiger partial charge in [0, 0.05) is 0 Å². The molecule has 1 aromatic carbocycles. The Hall–Kier alpha value is -2.06. The molecule has 0 atom stereocenters. The summed E-state index contributed by atoms with van der Waals surface area (Å²) in [6.45, 7) is 2.12. The second-order valence-electron chi connectivity index (χ2n) is 4.40. The van der Waals surface area contributed by atoms with E-state index >= 15 is 0 Å². The molecule has 0 saturated heterocycles. The fourth-order valence-electron chi connectivity index (χ4n) is 1.97. The van der Waals surface area contributed by atoms with Gasteiger partial charge in [-0.1, -0.05) is 37.3 Å². The van der Waals surface area contributed by atoms with E-state index in [9.17, 15) is 0 Å². The lowest BCUT2D eigenvalue weighted by Crippen LogP contribution is -2.01. The number of benzene rings is 1. The molecule has 78 valence electrons. The van der Waals surface area contributed by atoms with Crippen molar-refractivity contribution in [2.24, 2.45) is 5.41 Å². The minimum Gasteiger partial charge on any atom is -0.192 e. The Morgan fingerprint density at radius 2 is 1.69 bits per heavy atom. The number of hydrogen-bond donors (Lipinski definition) is 0. The zero-order valence-corrected chi connectivity index (χ0v) is 9.20. The van der Waals surface area contributed by atoms with Crippen molar-refractivity contribution in [1.82, 2.24) is 0 Å². The predicted molar refractivity (Wildman–Crippen MR) is 61.9 cm³/mol. The SMILES string of the molecule is CC1(C(=C(C#N)C#N)c2ccccc2)CC1. The molecule has 0 bridgehead atoms. The Morgan fingerprint density at radius 1 is 1.12 bits per heavy atom. The largest absolute Gasteiger partial charge is 0.192 e. The third kappa shape index (κ3) is 1.71. The molecule has 0 N–H and O–H groups in total. The van der Waals surface area contributed by atoms with Gasteiger partial charge in [-0.3, -0.25) is 0 Å². The van der Waals surface area contributed by atoms with Crippen LogP contribution in [0.3, 0.4) is 0 Å². The Labute approximate surface area is 95.4 Å². The van der Waals surface area contributed by atoms with Crippen molar-refractivity contribution in [2.75, 3.05) is 0 Å². The van der Waals surface area contributed by atoms with Crippen LogP contribution in [-0.2, 0) is 0 Å². The van der Waals surface area contributed by atoms with Gasteiger partial charge in [-0.25, -0.2) is 0 Å². The van der Waals surface area contributed by atoms with E-state index in [0.29, 0.717) is 0 Å². The molecule has 1 fully saturated rings. The minimum atomic E-state index is 0.0299. The van der Waals surface area contributed by atoms with E-state index in [1.165, 1.54) is 0 Å². The number of hydrogen-bond acceptors (Lipinski definition) is 2. The molecule has 2 nitrogen and oxygen atoms in total. The van der Waals surface area contributed by atoms with Crippen LogP contribution in [0.25, 0.3) is 5.57 Å². The van der Waals surface area contributed by atoms with E-state index in [0.717, 1.165) is 24.0 Å². The number of nitriles is 2. The summed E-state index contributed by atoms with van der Waals surface area (Å²) in [5, 5.41) is 18.0.